The Kier molecular flexibility index (Phi) is 5.51. The van der Waals surface area contributed by atoms with Gasteiger partial charge in [-0.25, -0.2) is 4.90 Å². The molecule has 0 saturated carbocycles. The number of nitro groups is 1. The average Bonchev–Trinajstić information content (AvgIpc) is 2.91. The van der Waals surface area contributed by atoms with E-state index in [2.05, 4.69) is 0 Å². The molecule has 0 fully saturated rings. The van der Waals surface area contributed by atoms with Crippen LogP contribution in [0.4, 0.5) is 11.4 Å². The smallest absolute Gasteiger partial charge is 0.272 e. The summed E-state index contributed by atoms with van der Waals surface area (Å²) in [6.45, 7) is 3.86. The van der Waals surface area contributed by atoms with E-state index < -0.39 is 16.7 Å². The van der Waals surface area contributed by atoms with Crippen LogP contribution in [-0.2, 0) is 9.59 Å². The van der Waals surface area contributed by atoms with Crippen molar-refractivity contribution in [3.8, 4) is 5.75 Å². The van der Waals surface area contributed by atoms with Gasteiger partial charge in [0.15, 0.2) is 0 Å². The lowest BCUT2D eigenvalue weighted by molar-refractivity contribution is -0.384. The van der Waals surface area contributed by atoms with Crippen molar-refractivity contribution in [3.05, 3.63) is 69.1 Å². The summed E-state index contributed by atoms with van der Waals surface area (Å²) in [5.41, 5.74) is 1.05. The second-order valence-electron chi connectivity index (χ2n) is 6.32. The SMILES string of the molecule is COc1cccc(N2C(=O)C(SC(C)C)=C(c3ccc([N+](=O)[O-])cc3)C2=O)c1. The number of non-ortho nitro benzene ring substituents is 1. The predicted molar refractivity (Wildman–Crippen MR) is 108 cm³/mol. The molecule has 0 radical (unpaired) electrons. The van der Waals surface area contributed by atoms with Crippen molar-refractivity contribution in [1.82, 2.24) is 0 Å². The number of nitrogens with zero attached hydrogens (tertiary/aromatic N) is 2. The van der Waals surface area contributed by atoms with Gasteiger partial charge in [0.05, 0.1) is 28.2 Å². The Morgan fingerprint density at radius 1 is 1.07 bits per heavy atom. The van der Waals surface area contributed by atoms with Gasteiger partial charge in [0.25, 0.3) is 17.5 Å². The topological polar surface area (TPSA) is 89.8 Å². The molecule has 7 nitrogen and oxygen atoms in total. The molecule has 28 heavy (non-hydrogen) atoms. The summed E-state index contributed by atoms with van der Waals surface area (Å²) in [6, 6.07) is 12.3. The highest BCUT2D eigenvalue weighted by Crippen LogP contribution is 2.40. The van der Waals surface area contributed by atoms with E-state index in [1.165, 1.54) is 43.1 Å². The molecular weight excluding hydrogens is 380 g/mol. The van der Waals surface area contributed by atoms with Gasteiger partial charge in [-0.15, -0.1) is 11.8 Å². The lowest BCUT2D eigenvalue weighted by Crippen LogP contribution is -2.31. The Hall–Kier alpha value is -3.13. The number of nitro benzene ring substituents is 1. The molecule has 0 spiro atoms. The number of anilines is 1. The van der Waals surface area contributed by atoms with Gasteiger partial charge in [0.1, 0.15) is 5.75 Å². The zero-order valence-electron chi connectivity index (χ0n) is 15.5. The Morgan fingerprint density at radius 2 is 1.75 bits per heavy atom. The second-order valence-corrected chi connectivity index (χ2v) is 7.91. The third-order valence-electron chi connectivity index (χ3n) is 4.07. The van der Waals surface area contributed by atoms with Crippen LogP contribution in [0.5, 0.6) is 5.75 Å². The predicted octanol–water partition coefficient (Wildman–Crippen LogP) is 4.03. The first-order valence-electron chi connectivity index (χ1n) is 8.52. The van der Waals surface area contributed by atoms with E-state index in [4.69, 9.17) is 4.74 Å². The highest BCUT2D eigenvalue weighted by Gasteiger charge is 2.40. The number of methoxy groups -OCH3 is 1. The summed E-state index contributed by atoms with van der Waals surface area (Å²) in [5, 5.41) is 11.0. The van der Waals surface area contributed by atoms with Crippen molar-refractivity contribution < 1.29 is 19.2 Å². The number of thioether (sulfide) groups is 1. The summed E-state index contributed by atoms with van der Waals surface area (Å²) in [6.07, 6.45) is 0. The maximum atomic E-state index is 13.2. The van der Waals surface area contributed by atoms with E-state index in [0.29, 0.717) is 21.9 Å². The minimum Gasteiger partial charge on any atom is -0.497 e. The van der Waals surface area contributed by atoms with Crippen LogP contribution in [0, 0.1) is 10.1 Å². The first kappa shape index (κ1) is 19.6. The van der Waals surface area contributed by atoms with Crippen LogP contribution in [0.15, 0.2) is 53.4 Å². The molecule has 0 unspecified atom stereocenters. The number of amides is 2. The molecule has 0 saturated heterocycles. The van der Waals surface area contributed by atoms with Crippen LogP contribution < -0.4 is 9.64 Å². The molecule has 2 amide bonds. The molecule has 0 atom stereocenters. The van der Waals surface area contributed by atoms with Gasteiger partial charge in [-0.2, -0.15) is 0 Å². The van der Waals surface area contributed by atoms with Crippen LogP contribution in [-0.4, -0.2) is 29.1 Å². The molecule has 0 aliphatic carbocycles. The third kappa shape index (κ3) is 3.63. The van der Waals surface area contributed by atoms with Gasteiger partial charge in [0, 0.05) is 23.4 Å². The van der Waals surface area contributed by atoms with Crippen molar-refractivity contribution in [2.45, 2.75) is 19.1 Å². The van der Waals surface area contributed by atoms with E-state index in [1.807, 2.05) is 13.8 Å². The molecule has 2 aromatic carbocycles. The first-order chi connectivity index (χ1) is 13.3. The zero-order valence-corrected chi connectivity index (χ0v) is 16.4. The molecule has 1 heterocycles. The minimum atomic E-state index is -0.508. The van der Waals surface area contributed by atoms with Gasteiger partial charge < -0.3 is 4.74 Å². The normalized spacial score (nSPS) is 14.2. The van der Waals surface area contributed by atoms with Crippen LogP contribution in [0.25, 0.3) is 5.57 Å². The Bertz CT molecular complexity index is 982. The molecule has 0 bridgehead atoms. The first-order valence-corrected chi connectivity index (χ1v) is 9.40. The second kappa shape index (κ2) is 7.85. The maximum Gasteiger partial charge on any atom is 0.272 e. The fraction of sp³-hybridized carbons (Fsp3) is 0.200. The minimum absolute atomic E-state index is 0.0741. The number of hydrogen-bond acceptors (Lipinski definition) is 6. The standard InChI is InChI=1S/C20H18N2O5S/c1-12(2)28-18-17(13-7-9-14(10-8-13)22(25)26)19(23)21(20(18)24)15-5-4-6-16(11-15)27-3/h4-12H,1-3H3. The number of rotatable bonds is 6. The lowest BCUT2D eigenvalue weighted by atomic mass is 10.1. The molecule has 1 aliphatic heterocycles. The van der Waals surface area contributed by atoms with Crippen LogP contribution in [0.2, 0.25) is 0 Å². The van der Waals surface area contributed by atoms with E-state index >= 15 is 0 Å². The summed E-state index contributed by atoms with van der Waals surface area (Å²) < 4.78 is 5.19. The van der Waals surface area contributed by atoms with E-state index in [1.54, 1.807) is 24.3 Å². The van der Waals surface area contributed by atoms with E-state index in [0.717, 1.165) is 4.90 Å². The van der Waals surface area contributed by atoms with Gasteiger partial charge in [-0.1, -0.05) is 19.9 Å². The number of ether oxygens (including phenoxy) is 1. The van der Waals surface area contributed by atoms with Crippen molar-refractivity contribution >= 4 is 40.5 Å². The van der Waals surface area contributed by atoms with Crippen molar-refractivity contribution in [2.24, 2.45) is 0 Å². The quantitative estimate of drug-likeness (QED) is 0.415. The number of hydrogen-bond donors (Lipinski definition) is 0. The van der Waals surface area contributed by atoms with E-state index in [-0.39, 0.29) is 16.5 Å². The van der Waals surface area contributed by atoms with Gasteiger partial charge >= 0.3 is 0 Å². The average molecular weight is 398 g/mol. The fourth-order valence-corrected chi connectivity index (χ4v) is 3.83. The largest absolute Gasteiger partial charge is 0.497 e. The molecule has 2 aromatic rings. The van der Waals surface area contributed by atoms with Crippen molar-refractivity contribution in [1.29, 1.82) is 0 Å². The van der Waals surface area contributed by atoms with E-state index in [9.17, 15) is 19.7 Å². The molecule has 0 aromatic heterocycles. The van der Waals surface area contributed by atoms with Crippen LogP contribution in [0.1, 0.15) is 19.4 Å². The molecule has 1 aliphatic rings. The summed E-state index contributed by atoms with van der Waals surface area (Å²) in [4.78, 5) is 38.1. The Labute approximate surface area is 166 Å². The maximum absolute atomic E-state index is 13.2. The molecule has 3 rings (SSSR count). The molecule has 8 heteroatoms. The summed E-state index contributed by atoms with van der Waals surface area (Å²) >= 11 is 1.30. The number of benzene rings is 2. The zero-order chi connectivity index (χ0) is 20.4. The number of imide groups is 1. The Balaban J connectivity index is 2.08. The molecular formula is C20H18N2O5S. The summed E-state index contributed by atoms with van der Waals surface area (Å²) in [7, 11) is 1.51. The van der Waals surface area contributed by atoms with Gasteiger partial charge in [-0.05, 0) is 29.8 Å². The van der Waals surface area contributed by atoms with Crippen molar-refractivity contribution in [2.75, 3.05) is 12.0 Å². The fourth-order valence-electron chi connectivity index (χ4n) is 2.84. The molecule has 144 valence electrons. The van der Waals surface area contributed by atoms with Crippen LogP contribution >= 0.6 is 11.8 Å². The highest BCUT2D eigenvalue weighted by atomic mass is 32.2. The van der Waals surface area contributed by atoms with Crippen molar-refractivity contribution in [3.63, 3.8) is 0 Å². The van der Waals surface area contributed by atoms with Gasteiger partial charge in [0.2, 0.25) is 0 Å². The Morgan fingerprint density at radius 3 is 2.32 bits per heavy atom. The number of carbonyl (C=O) groups is 2. The monoisotopic (exact) mass is 398 g/mol. The van der Waals surface area contributed by atoms with Gasteiger partial charge in [-0.3, -0.25) is 19.7 Å². The summed E-state index contributed by atoms with van der Waals surface area (Å²) in [5.74, 6) is -0.347. The van der Waals surface area contributed by atoms with Crippen LogP contribution in [0.3, 0.4) is 0 Å². The number of carbonyl (C=O) groups excluding carboxylic acids is 2. The third-order valence-corrected chi connectivity index (χ3v) is 5.16. The molecule has 0 N–H and O–H groups in total. The lowest BCUT2D eigenvalue weighted by Gasteiger charge is -2.16. The highest BCUT2D eigenvalue weighted by molar-refractivity contribution is 8.04.